The largest absolute Gasteiger partial charge is 0.507 e. The Bertz CT molecular complexity index is 1030. The number of nitrogens with one attached hydrogen (secondary N) is 2. The van der Waals surface area contributed by atoms with Gasteiger partial charge in [-0.15, -0.1) is 10.2 Å². The van der Waals surface area contributed by atoms with Crippen molar-refractivity contribution in [3.63, 3.8) is 0 Å². The van der Waals surface area contributed by atoms with E-state index in [0.29, 0.717) is 12.0 Å². The molecule has 30 heavy (non-hydrogen) atoms. The number of phenols is 1. The van der Waals surface area contributed by atoms with Gasteiger partial charge in [0.2, 0.25) is 5.88 Å². The second kappa shape index (κ2) is 7.64. The van der Waals surface area contributed by atoms with Crippen molar-refractivity contribution in [3.05, 3.63) is 42.5 Å². The lowest BCUT2D eigenvalue weighted by molar-refractivity contribution is 0.00652. The molecule has 0 radical (unpaired) electrons. The van der Waals surface area contributed by atoms with E-state index in [9.17, 15) is 13.9 Å². The fraction of sp³-hybridized carbons (Fsp3) is 0.381. The fourth-order valence-corrected chi connectivity index (χ4v) is 4.34. The summed E-state index contributed by atoms with van der Waals surface area (Å²) in [5.74, 6) is -0.445. The van der Waals surface area contributed by atoms with Crippen molar-refractivity contribution in [1.82, 2.24) is 25.7 Å². The van der Waals surface area contributed by atoms with Crippen molar-refractivity contribution in [2.75, 3.05) is 0 Å². The highest BCUT2D eigenvalue weighted by Gasteiger charge is 2.41. The number of benzene rings is 1. The van der Waals surface area contributed by atoms with Crippen LogP contribution < -0.4 is 10.1 Å². The predicted molar refractivity (Wildman–Crippen MR) is 105 cm³/mol. The molecule has 9 heteroatoms. The summed E-state index contributed by atoms with van der Waals surface area (Å²) in [5, 5.41) is 28.2. The molecule has 0 spiro atoms. The van der Waals surface area contributed by atoms with E-state index in [4.69, 9.17) is 4.74 Å². The maximum Gasteiger partial charge on any atom is 0.233 e. The predicted octanol–water partition coefficient (Wildman–Crippen LogP) is 3.38. The number of piperidine rings is 2. The molecule has 4 atom stereocenters. The van der Waals surface area contributed by atoms with E-state index in [2.05, 4.69) is 25.7 Å². The van der Waals surface area contributed by atoms with Crippen molar-refractivity contribution in [2.45, 2.75) is 50.0 Å². The van der Waals surface area contributed by atoms with E-state index in [-0.39, 0.29) is 40.5 Å². The van der Waals surface area contributed by atoms with Gasteiger partial charge in [-0.05, 0) is 31.0 Å². The number of H-pyrrole nitrogens is 1. The second-order valence-corrected chi connectivity index (χ2v) is 7.83. The number of ether oxygens (including phenoxy) is 1. The van der Waals surface area contributed by atoms with Gasteiger partial charge in [-0.2, -0.15) is 5.10 Å². The van der Waals surface area contributed by atoms with E-state index in [1.165, 1.54) is 24.5 Å². The van der Waals surface area contributed by atoms with Crippen molar-refractivity contribution < 1.29 is 18.6 Å². The lowest BCUT2D eigenvalue weighted by Gasteiger charge is -2.42. The summed E-state index contributed by atoms with van der Waals surface area (Å²) in [6.07, 6.45) is 4.78. The second-order valence-electron chi connectivity index (χ2n) is 7.83. The standard InChI is InChI=1S/C21H21F2N5O2/c22-15-7-14(18(29)8-13(15)11-9-24-25-10-11)16-4-5-20(28-27-16)30-19-6-12-2-1-3-17(26-12)21(19)23/h4-5,7-10,12,17,19,21,26,29H,1-3,6H2,(H,24,25)/t12-,17+,19-,21+/m1/s1. The Morgan fingerprint density at radius 2 is 2.03 bits per heavy atom. The SMILES string of the molecule is Oc1cc(-c2cn[nH]c2)c(F)cc1-c1ccc(O[C@@H]2C[C@H]3CCC[C@H](N3)[C@@H]2F)nn1. The molecule has 2 aliphatic rings. The molecule has 2 fully saturated rings. The van der Waals surface area contributed by atoms with Crippen molar-refractivity contribution >= 4 is 0 Å². The Morgan fingerprint density at radius 3 is 2.80 bits per heavy atom. The molecule has 2 aliphatic heterocycles. The molecular weight excluding hydrogens is 392 g/mol. The normalized spacial score (nSPS) is 25.8. The van der Waals surface area contributed by atoms with Crippen LogP contribution in [0.5, 0.6) is 11.6 Å². The van der Waals surface area contributed by atoms with Gasteiger partial charge in [0, 0.05) is 47.5 Å². The minimum absolute atomic E-state index is 0.134. The number of hydrogen-bond acceptors (Lipinski definition) is 6. The number of aromatic amines is 1. The highest BCUT2D eigenvalue weighted by Crippen LogP contribution is 2.35. The monoisotopic (exact) mass is 413 g/mol. The molecule has 7 nitrogen and oxygen atoms in total. The molecule has 5 rings (SSSR count). The minimum Gasteiger partial charge on any atom is -0.507 e. The van der Waals surface area contributed by atoms with E-state index in [1.54, 1.807) is 12.1 Å². The van der Waals surface area contributed by atoms with Gasteiger partial charge in [-0.1, -0.05) is 6.42 Å². The van der Waals surface area contributed by atoms with E-state index < -0.39 is 18.1 Å². The molecule has 3 N–H and O–H groups in total. The summed E-state index contributed by atoms with van der Waals surface area (Å²) in [4.78, 5) is 0. The Balaban J connectivity index is 1.35. The summed E-state index contributed by atoms with van der Waals surface area (Å²) in [5.41, 5.74) is 1.25. The molecule has 0 saturated carbocycles. The first-order chi connectivity index (χ1) is 14.6. The number of aromatic hydroxyl groups is 1. The number of hydrogen-bond donors (Lipinski definition) is 3. The Hall–Kier alpha value is -3.07. The molecule has 4 heterocycles. The Labute approximate surface area is 171 Å². The zero-order chi connectivity index (χ0) is 20.7. The molecule has 156 valence electrons. The van der Waals surface area contributed by atoms with Crippen LogP contribution in [0, 0.1) is 5.82 Å². The molecule has 0 aliphatic carbocycles. The third-order valence-corrected chi connectivity index (χ3v) is 5.86. The number of alkyl halides is 1. The number of halogens is 2. The third-order valence-electron chi connectivity index (χ3n) is 5.86. The van der Waals surface area contributed by atoms with Crippen LogP contribution in [-0.2, 0) is 0 Å². The number of fused-ring (bicyclic) bond motifs is 2. The summed E-state index contributed by atoms with van der Waals surface area (Å²) >= 11 is 0. The number of phenolic OH excluding ortho intramolecular Hbond substituents is 1. The minimum atomic E-state index is -1.10. The van der Waals surface area contributed by atoms with Gasteiger partial charge in [0.1, 0.15) is 17.7 Å². The molecule has 2 aromatic heterocycles. The summed E-state index contributed by atoms with van der Waals surface area (Å²) < 4.78 is 35.0. The number of nitrogens with zero attached hydrogens (tertiary/aromatic N) is 3. The third kappa shape index (κ3) is 3.49. The van der Waals surface area contributed by atoms with Crippen LogP contribution in [0.2, 0.25) is 0 Å². The number of aromatic nitrogens is 4. The molecule has 0 unspecified atom stereocenters. The van der Waals surface area contributed by atoms with Gasteiger partial charge in [-0.3, -0.25) is 5.10 Å². The van der Waals surface area contributed by atoms with Crippen molar-refractivity contribution in [2.24, 2.45) is 0 Å². The van der Waals surface area contributed by atoms with Crippen molar-refractivity contribution in [3.8, 4) is 34.0 Å². The topological polar surface area (TPSA) is 96.0 Å². The Kier molecular flexibility index (Phi) is 4.82. The van der Waals surface area contributed by atoms with Crippen LogP contribution in [0.25, 0.3) is 22.4 Å². The fourth-order valence-electron chi connectivity index (χ4n) is 4.34. The van der Waals surface area contributed by atoms with Crippen LogP contribution in [-0.4, -0.2) is 49.9 Å². The molecule has 2 bridgehead atoms. The number of rotatable bonds is 4. The average Bonchev–Trinajstić information content (AvgIpc) is 3.29. The van der Waals surface area contributed by atoms with E-state index in [0.717, 1.165) is 19.3 Å². The van der Waals surface area contributed by atoms with Gasteiger partial charge in [-0.25, -0.2) is 8.78 Å². The van der Waals surface area contributed by atoms with Gasteiger partial charge in [0.15, 0.2) is 6.17 Å². The highest BCUT2D eigenvalue weighted by molar-refractivity contribution is 5.74. The van der Waals surface area contributed by atoms with Gasteiger partial charge in [0.05, 0.1) is 11.9 Å². The van der Waals surface area contributed by atoms with Crippen molar-refractivity contribution in [1.29, 1.82) is 0 Å². The van der Waals surface area contributed by atoms with Gasteiger partial charge < -0.3 is 15.2 Å². The smallest absolute Gasteiger partial charge is 0.233 e. The summed E-state index contributed by atoms with van der Waals surface area (Å²) in [6, 6.07) is 5.75. The van der Waals surface area contributed by atoms with E-state index in [1.807, 2.05) is 0 Å². The maximum absolute atomic E-state index is 14.7. The van der Waals surface area contributed by atoms with Gasteiger partial charge >= 0.3 is 0 Å². The molecular formula is C21H21F2N5O2. The van der Waals surface area contributed by atoms with Crippen LogP contribution in [0.4, 0.5) is 8.78 Å². The van der Waals surface area contributed by atoms with Crippen LogP contribution in [0.1, 0.15) is 25.7 Å². The van der Waals surface area contributed by atoms with Crippen LogP contribution >= 0.6 is 0 Å². The van der Waals surface area contributed by atoms with Crippen LogP contribution in [0.3, 0.4) is 0 Å². The first-order valence-corrected chi connectivity index (χ1v) is 10.0. The molecule has 2 saturated heterocycles. The van der Waals surface area contributed by atoms with Crippen LogP contribution in [0.15, 0.2) is 36.7 Å². The zero-order valence-electron chi connectivity index (χ0n) is 16.1. The first kappa shape index (κ1) is 18.9. The lowest BCUT2D eigenvalue weighted by atomic mass is 9.84. The summed E-state index contributed by atoms with van der Waals surface area (Å²) in [6.45, 7) is 0. The zero-order valence-corrected chi connectivity index (χ0v) is 16.1. The first-order valence-electron chi connectivity index (χ1n) is 10.0. The Morgan fingerprint density at radius 1 is 1.13 bits per heavy atom. The quantitative estimate of drug-likeness (QED) is 0.607. The average molecular weight is 413 g/mol. The molecule has 3 aromatic rings. The van der Waals surface area contributed by atoms with E-state index >= 15 is 0 Å². The maximum atomic E-state index is 14.7. The highest BCUT2D eigenvalue weighted by atomic mass is 19.1. The van der Waals surface area contributed by atoms with Gasteiger partial charge in [0.25, 0.3) is 0 Å². The lowest BCUT2D eigenvalue weighted by Crippen LogP contribution is -2.59. The summed E-state index contributed by atoms with van der Waals surface area (Å²) in [7, 11) is 0. The molecule has 0 amide bonds. The molecule has 1 aromatic carbocycles.